The first kappa shape index (κ1) is 15.1. The fourth-order valence-corrected chi connectivity index (χ4v) is 2.17. The van der Waals surface area contributed by atoms with Gasteiger partial charge in [0.1, 0.15) is 17.6 Å². The third-order valence-electron chi connectivity index (χ3n) is 3.31. The van der Waals surface area contributed by atoms with Gasteiger partial charge in [-0.25, -0.2) is 4.39 Å². The molecule has 1 heterocycles. The molecule has 2 rings (SSSR count). The summed E-state index contributed by atoms with van der Waals surface area (Å²) in [5, 5.41) is 8.87. The third kappa shape index (κ3) is 3.24. The number of aromatic nitrogens is 1. The molecular weight excluding hydrogens is 284 g/mol. The predicted molar refractivity (Wildman–Crippen MR) is 69.0 cm³/mol. The van der Waals surface area contributed by atoms with E-state index in [0.717, 1.165) is 16.2 Å². The number of nitrogens with zero attached hydrogens (tertiary/aromatic N) is 2. The molecule has 21 heavy (non-hydrogen) atoms. The summed E-state index contributed by atoms with van der Waals surface area (Å²) in [4.78, 5) is 0. The average Bonchev–Trinajstić information content (AvgIpc) is 2.75. The van der Waals surface area contributed by atoms with Gasteiger partial charge in [-0.2, -0.15) is 18.4 Å². The molecule has 0 saturated heterocycles. The summed E-state index contributed by atoms with van der Waals surface area (Å²) in [6.07, 6.45) is -4.19. The number of alkyl halides is 3. The highest BCUT2D eigenvalue weighted by Gasteiger charge is 2.35. The molecule has 0 fully saturated rings. The van der Waals surface area contributed by atoms with Crippen molar-refractivity contribution in [2.24, 2.45) is 0 Å². The Morgan fingerprint density at radius 1 is 1.19 bits per heavy atom. The van der Waals surface area contributed by atoms with Gasteiger partial charge in [0.05, 0.1) is 5.56 Å². The van der Waals surface area contributed by atoms with Gasteiger partial charge in [-0.3, -0.25) is 0 Å². The summed E-state index contributed by atoms with van der Waals surface area (Å²) in [7, 11) is 0. The summed E-state index contributed by atoms with van der Waals surface area (Å²) in [6, 6.07) is 8.23. The van der Waals surface area contributed by atoms with Gasteiger partial charge >= 0.3 is 6.18 Å². The summed E-state index contributed by atoms with van der Waals surface area (Å²) >= 11 is 0. The Hall–Kier alpha value is -2.29. The zero-order valence-electron chi connectivity index (χ0n) is 11.2. The van der Waals surface area contributed by atoms with E-state index in [0.29, 0.717) is 6.42 Å². The van der Waals surface area contributed by atoms with E-state index in [-0.39, 0.29) is 17.8 Å². The van der Waals surface area contributed by atoms with Crippen molar-refractivity contribution in [3.63, 3.8) is 0 Å². The lowest BCUT2D eigenvalue weighted by atomic mass is 10.1. The van der Waals surface area contributed by atoms with Gasteiger partial charge in [0.2, 0.25) is 0 Å². The monoisotopic (exact) mass is 296 g/mol. The molecule has 2 nitrogen and oxygen atoms in total. The van der Waals surface area contributed by atoms with E-state index < -0.39 is 17.7 Å². The SMILES string of the molecule is Cc1c(C#N)cc(C(F)(F)F)n1CCc1ccc(F)cc1. The van der Waals surface area contributed by atoms with Crippen molar-refractivity contribution in [3.05, 3.63) is 58.7 Å². The second-order valence-electron chi connectivity index (χ2n) is 4.67. The molecule has 0 aliphatic heterocycles. The molecule has 1 aromatic heterocycles. The van der Waals surface area contributed by atoms with Crippen LogP contribution in [0.15, 0.2) is 30.3 Å². The number of nitriles is 1. The van der Waals surface area contributed by atoms with Gasteiger partial charge in [0, 0.05) is 12.2 Å². The minimum absolute atomic E-state index is 0.0152. The topological polar surface area (TPSA) is 28.7 Å². The van der Waals surface area contributed by atoms with E-state index in [1.807, 2.05) is 0 Å². The fourth-order valence-electron chi connectivity index (χ4n) is 2.17. The maximum Gasteiger partial charge on any atom is 0.431 e. The normalized spacial score (nSPS) is 11.4. The molecule has 0 atom stereocenters. The molecule has 0 bridgehead atoms. The lowest BCUT2D eigenvalue weighted by Crippen LogP contribution is -2.15. The van der Waals surface area contributed by atoms with E-state index in [1.165, 1.54) is 31.2 Å². The molecule has 0 saturated carbocycles. The van der Waals surface area contributed by atoms with Gasteiger partial charge in [-0.1, -0.05) is 12.1 Å². The molecule has 6 heteroatoms. The molecule has 2 aromatic rings. The molecule has 0 aliphatic carbocycles. The van der Waals surface area contributed by atoms with Crippen molar-refractivity contribution < 1.29 is 17.6 Å². The molecule has 0 radical (unpaired) electrons. The molecular formula is C15H12F4N2. The first-order valence-electron chi connectivity index (χ1n) is 6.25. The van der Waals surface area contributed by atoms with Crippen molar-refractivity contribution in [2.45, 2.75) is 26.1 Å². The summed E-state index contributed by atoms with van der Waals surface area (Å²) < 4.78 is 52.8. The van der Waals surface area contributed by atoms with Crippen LogP contribution in [0.25, 0.3) is 0 Å². The van der Waals surface area contributed by atoms with Crippen molar-refractivity contribution in [3.8, 4) is 6.07 Å². The van der Waals surface area contributed by atoms with Crippen LogP contribution in [0.2, 0.25) is 0 Å². The highest BCUT2D eigenvalue weighted by molar-refractivity contribution is 5.38. The van der Waals surface area contributed by atoms with Crippen molar-refractivity contribution in [2.75, 3.05) is 0 Å². The van der Waals surface area contributed by atoms with Crippen LogP contribution in [0.4, 0.5) is 17.6 Å². The molecule has 0 spiro atoms. The van der Waals surface area contributed by atoms with Gasteiger partial charge in [-0.05, 0) is 37.1 Å². The van der Waals surface area contributed by atoms with E-state index in [2.05, 4.69) is 0 Å². The van der Waals surface area contributed by atoms with Crippen molar-refractivity contribution in [1.82, 2.24) is 4.57 Å². The van der Waals surface area contributed by atoms with Crippen molar-refractivity contribution in [1.29, 1.82) is 5.26 Å². The van der Waals surface area contributed by atoms with Crippen LogP contribution in [0, 0.1) is 24.1 Å². The zero-order chi connectivity index (χ0) is 15.6. The highest BCUT2D eigenvalue weighted by atomic mass is 19.4. The zero-order valence-corrected chi connectivity index (χ0v) is 11.2. The Bertz CT molecular complexity index is 675. The van der Waals surface area contributed by atoms with E-state index in [4.69, 9.17) is 5.26 Å². The Kier molecular flexibility index (Phi) is 4.03. The first-order chi connectivity index (χ1) is 9.82. The second-order valence-corrected chi connectivity index (χ2v) is 4.67. The lowest BCUT2D eigenvalue weighted by Gasteiger charge is -2.13. The highest BCUT2D eigenvalue weighted by Crippen LogP contribution is 2.32. The Morgan fingerprint density at radius 3 is 2.33 bits per heavy atom. The fraction of sp³-hybridized carbons (Fsp3) is 0.267. The first-order valence-corrected chi connectivity index (χ1v) is 6.25. The number of halogens is 4. The van der Waals surface area contributed by atoms with Crippen LogP contribution < -0.4 is 0 Å². The maximum atomic E-state index is 13.0. The summed E-state index contributed by atoms with van der Waals surface area (Å²) in [5.41, 5.74) is 0.197. The summed E-state index contributed by atoms with van der Waals surface area (Å²) in [5.74, 6) is -0.390. The number of aryl methyl sites for hydroxylation is 1. The Balaban J connectivity index is 2.29. The van der Waals surface area contributed by atoms with Crippen LogP contribution >= 0.6 is 0 Å². The van der Waals surface area contributed by atoms with E-state index in [9.17, 15) is 17.6 Å². The van der Waals surface area contributed by atoms with E-state index >= 15 is 0 Å². The summed E-state index contributed by atoms with van der Waals surface area (Å²) in [6.45, 7) is 1.56. The van der Waals surface area contributed by atoms with Crippen LogP contribution in [0.1, 0.15) is 22.5 Å². The smallest absolute Gasteiger partial charge is 0.340 e. The van der Waals surface area contributed by atoms with E-state index in [1.54, 1.807) is 6.07 Å². The standard InChI is InChI=1S/C15H12F4N2/c1-10-12(9-20)8-14(15(17,18)19)21(10)7-6-11-2-4-13(16)5-3-11/h2-5,8H,6-7H2,1H3. The Morgan fingerprint density at radius 2 is 1.81 bits per heavy atom. The molecule has 110 valence electrons. The van der Waals surface area contributed by atoms with Gasteiger partial charge in [0.25, 0.3) is 0 Å². The molecule has 0 amide bonds. The largest absolute Gasteiger partial charge is 0.431 e. The second kappa shape index (κ2) is 5.60. The van der Waals surface area contributed by atoms with Gasteiger partial charge < -0.3 is 4.57 Å². The minimum Gasteiger partial charge on any atom is -0.340 e. The minimum atomic E-state index is -4.51. The molecule has 0 unspecified atom stereocenters. The maximum absolute atomic E-state index is 13.0. The van der Waals surface area contributed by atoms with Gasteiger partial charge in [-0.15, -0.1) is 0 Å². The lowest BCUT2D eigenvalue weighted by molar-refractivity contribution is -0.143. The molecule has 1 aromatic carbocycles. The number of rotatable bonds is 3. The van der Waals surface area contributed by atoms with Crippen molar-refractivity contribution >= 4 is 0 Å². The quantitative estimate of drug-likeness (QED) is 0.785. The number of benzene rings is 1. The van der Waals surface area contributed by atoms with Crippen LogP contribution in [0.3, 0.4) is 0 Å². The number of hydrogen-bond acceptors (Lipinski definition) is 1. The Labute approximate surface area is 119 Å². The third-order valence-corrected chi connectivity index (χ3v) is 3.31. The number of hydrogen-bond donors (Lipinski definition) is 0. The van der Waals surface area contributed by atoms with Gasteiger partial charge in [0.15, 0.2) is 0 Å². The van der Waals surface area contributed by atoms with Crippen LogP contribution in [0.5, 0.6) is 0 Å². The average molecular weight is 296 g/mol. The predicted octanol–water partition coefficient (Wildman–Crippen LogP) is 4.07. The van der Waals surface area contributed by atoms with Crippen LogP contribution in [-0.2, 0) is 19.1 Å². The molecule has 0 N–H and O–H groups in total. The molecule has 0 aliphatic rings. The van der Waals surface area contributed by atoms with Crippen LogP contribution in [-0.4, -0.2) is 4.57 Å².